The maximum Gasteiger partial charge on any atom is 0.278 e. The summed E-state index contributed by atoms with van der Waals surface area (Å²) in [4.78, 5) is 22.0. The number of nitrogens with zero attached hydrogens (tertiary/aromatic N) is 2. The molecule has 0 saturated carbocycles. The van der Waals surface area contributed by atoms with Gasteiger partial charge >= 0.3 is 0 Å². The lowest BCUT2D eigenvalue weighted by Gasteiger charge is -2.08. The highest BCUT2D eigenvalue weighted by atomic mass is 35.5. The molecule has 0 radical (unpaired) electrons. The van der Waals surface area contributed by atoms with Crippen molar-refractivity contribution < 1.29 is 19.6 Å². The molecule has 0 spiro atoms. The molecule has 1 amide bonds. The Morgan fingerprint density at radius 1 is 1.40 bits per heavy atom. The van der Waals surface area contributed by atoms with Gasteiger partial charge in [0.25, 0.3) is 11.6 Å². The van der Waals surface area contributed by atoms with Crippen LogP contribution in [0.2, 0.25) is 5.02 Å². The molecule has 0 aliphatic rings. The Labute approximate surface area is 147 Å². The van der Waals surface area contributed by atoms with E-state index < -0.39 is 10.8 Å². The first kappa shape index (κ1) is 18.2. The predicted molar refractivity (Wildman–Crippen MR) is 92.2 cm³/mol. The molecule has 0 fully saturated rings. The van der Waals surface area contributed by atoms with Crippen LogP contribution in [0.5, 0.6) is 11.5 Å². The smallest absolute Gasteiger partial charge is 0.278 e. The molecule has 2 N–H and O–H groups in total. The Hall–Kier alpha value is -3.13. The highest BCUT2D eigenvalue weighted by Crippen LogP contribution is 2.22. The summed E-state index contributed by atoms with van der Waals surface area (Å²) in [6, 6.07) is 8.49. The Bertz CT molecular complexity index is 839. The lowest BCUT2D eigenvalue weighted by Crippen LogP contribution is -2.24. The molecule has 2 rings (SSSR count). The summed E-state index contributed by atoms with van der Waals surface area (Å²) in [5, 5.41) is 24.5. The summed E-state index contributed by atoms with van der Waals surface area (Å²) < 4.78 is 5.34. The van der Waals surface area contributed by atoms with Crippen LogP contribution in [-0.2, 0) is 4.79 Å². The van der Waals surface area contributed by atoms with Gasteiger partial charge in [0.2, 0.25) is 0 Å². The number of aromatic hydroxyl groups is 1. The van der Waals surface area contributed by atoms with Crippen molar-refractivity contribution >= 4 is 29.4 Å². The number of hydrogen-bond acceptors (Lipinski definition) is 6. The number of hydrogen-bond donors (Lipinski definition) is 2. The van der Waals surface area contributed by atoms with Crippen LogP contribution in [0, 0.1) is 17.0 Å². The number of ether oxygens (including phenoxy) is 1. The molecule has 8 nitrogen and oxygen atoms in total. The zero-order chi connectivity index (χ0) is 18.4. The van der Waals surface area contributed by atoms with Crippen molar-refractivity contribution in [3.8, 4) is 11.5 Å². The van der Waals surface area contributed by atoms with Gasteiger partial charge in [0.15, 0.2) is 6.61 Å². The molecule has 0 saturated heterocycles. The van der Waals surface area contributed by atoms with Gasteiger partial charge in [0.1, 0.15) is 11.5 Å². The third kappa shape index (κ3) is 5.18. The number of carbonyl (C=O) groups is 1. The summed E-state index contributed by atoms with van der Waals surface area (Å²) >= 11 is 5.83. The summed E-state index contributed by atoms with van der Waals surface area (Å²) in [6.07, 6.45) is 1.07. The van der Waals surface area contributed by atoms with Crippen LogP contribution in [0.25, 0.3) is 0 Å². The molecule has 0 bridgehead atoms. The maximum atomic E-state index is 11.7. The molecule has 2 aromatic rings. The number of nitrogens with one attached hydrogen (secondary N) is 1. The van der Waals surface area contributed by atoms with Gasteiger partial charge in [-0.1, -0.05) is 11.6 Å². The third-order valence-electron chi connectivity index (χ3n) is 3.10. The van der Waals surface area contributed by atoms with E-state index in [0.717, 1.165) is 17.8 Å². The number of aryl methyl sites for hydroxylation is 1. The molecule has 9 heteroatoms. The number of amides is 1. The average Bonchev–Trinajstić information content (AvgIpc) is 2.54. The molecule has 25 heavy (non-hydrogen) atoms. The van der Waals surface area contributed by atoms with Crippen molar-refractivity contribution in [2.45, 2.75) is 6.92 Å². The number of nitro groups is 1. The number of benzene rings is 2. The van der Waals surface area contributed by atoms with E-state index in [4.69, 9.17) is 16.3 Å². The van der Waals surface area contributed by atoms with Crippen LogP contribution in [0.15, 0.2) is 41.5 Å². The Kier molecular flexibility index (Phi) is 5.91. The van der Waals surface area contributed by atoms with Crippen LogP contribution in [0.1, 0.15) is 11.1 Å². The highest BCUT2D eigenvalue weighted by Gasteiger charge is 2.12. The first-order valence-corrected chi connectivity index (χ1v) is 7.43. The molecule has 0 aromatic heterocycles. The second kappa shape index (κ2) is 8.11. The zero-order valence-electron chi connectivity index (χ0n) is 13.1. The van der Waals surface area contributed by atoms with Crippen LogP contribution >= 0.6 is 11.6 Å². The summed E-state index contributed by atoms with van der Waals surface area (Å²) in [5.74, 6) is -0.194. The van der Waals surface area contributed by atoms with Gasteiger partial charge in [-0.3, -0.25) is 14.9 Å². The lowest BCUT2D eigenvalue weighted by molar-refractivity contribution is -0.385. The van der Waals surface area contributed by atoms with Gasteiger partial charge in [-0.2, -0.15) is 5.10 Å². The number of rotatable bonds is 6. The summed E-state index contributed by atoms with van der Waals surface area (Å²) in [6.45, 7) is 1.50. The quantitative estimate of drug-likeness (QED) is 0.465. The fourth-order valence-electron chi connectivity index (χ4n) is 1.94. The van der Waals surface area contributed by atoms with Crippen LogP contribution < -0.4 is 10.2 Å². The third-order valence-corrected chi connectivity index (χ3v) is 3.33. The first-order valence-electron chi connectivity index (χ1n) is 7.05. The second-order valence-electron chi connectivity index (χ2n) is 4.99. The van der Waals surface area contributed by atoms with Gasteiger partial charge in [-0.05, 0) is 42.8 Å². The van der Waals surface area contributed by atoms with E-state index in [1.807, 2.05) is 0 Å². The van der Waals surface area contributed by atoms with Gasteiger partial charge in [-0.15, -0.1) is 0 Å². The number of carbonyl (C=O) groups excluding carboxylic acids is 1. The topological polar surface area (TPSA) is 114 Å². The largest absolute Gasteiger partial charge is 0.508 e. The fourth-order valence-corrected chi connectivity index (χ4v) is 2.16. The van der Waals surface area contributed by atoms with Gasteiger partial charge in [0.05, 0.1) is 16.7 Å². The van der Waals surface area contributed by atoms with E-state index in [1.54, 1.807) is 25.1 Å². The van der Waals surface area contributed by atoms with Gasteiger partial charge < -0.3 is 9.84 Å². The minimum atomic E-state index is -0.616. The molecule has 0 atom stereocenters. The number of hydrazone groups is 1. The van der Waals surface area contributed by atoms with Crippen molar-refractivity contribution in [1.82, 2.24) is 5.43 Å². The van der Waals surface area contributed by atoms with Gasteiger partial charge in [0, 0.05) is 11.1 Å². The first-order chi connectivity index (χ1) is 11.9. The highest BCUT2D eigenvalue weighted by molar-refractivity contribution is 6.30. The van der Waals surface area contributed by atoms with Crippen LogP contribution in [0.4, 0.5) is 5.69 Å². The minimum absolute atomic E-state index is 0.0553. The molecule has 0 aliphatic carbocycles. The Morgan fingerprint density at radius 3 is 2.84 bits per heavy atom. The second-order valence-corrected chi connectivity index (χ2v) is 5.43. The van der Waals surface area contributed by atoms with Crippen molar-refractivity contribution in [3.05, 3.63) is 62.7 Å². The molecular formula is C16H14ClN3O5. The van der Waals surface area contributed by atoms with E-state index in [1.165, 1.54) is 12.1 Å². The average molecular weight is 364 g/mol. The standard InChI is InChI=1S/C16H14ClN3O5/c1-10-6-12(17)2-5-15(10)25-9-16(22)19-18-8-11-7-13(21)3-4-14(11)20(23)24/h2-8,21H,9H2,1H3,(H,19,22)/b18-8-. The molecule has 2 aromatic carbocycles. The fraction of sp³-hybridized carbons (Fsp3) is 0.125. The number of halogens is 1. The van der Waals surface area contributed by atoms with E-state index in [9.17, 15) is 20.0 Å². The number of phenolic OH excluding ortho intramolecular Hbond substituents is 1. The zero-order valence-corrected chi connectivity index (χ0v) is 13.9. The summed E-state index contributed by atoms with van der Waals surface area (Å²) in [5.41, 5.74) is 2.78. The van der Waals surface area contributed by atoms with Crippen molar-refractivity contribution in [2.24, 2.45) is 5.10 Å². The SMILES string of the molecule is Cc1cc(Cl)ccc1OCC(=O)N/N=C\c1cc(O)ccc1[N+](=O)[O-]. The monoisotopic (exact) mass is 363 g/mol. The van der Waals surface area contributed by atoms with Crippen LogP contribution in [-0.4, -0.2) is 28.8 Å². The van der Waals surface area contributed by atoms with Gasteiger partial charge in [-0.25, -0.2) is 5.43 Å². The van der Waals surface area contributed by atoms with E-state index in [-0.39, 0.29) is 23.6 Å². The van der Waals surface area contributed by atoms with Crippen molar-refractivity contribution in [3.63, 3.8) is 0 Å². The molecule has 130 valence electrons. The van der Waals surface area contributed by atoms with E-state index >= 15 is 0 Å². The molecular weight excluding hydrogens is 350 g/mol. The molecule has 0 heterocycles. The van der Waals surface area contributed by atoms with E-state index in [2.05, 4.69) is 10.5 Å². The maximum absolute atomic E-state index is 11.7. The minimum Gasteiger partial charge on any atom is -0.508 e. The Morgan fingerprint density at radius 2 is 2.16 bits per heavy atom. The lowest BCUT2D eigenvalue weighted by atomic mass is 10.2. The number of nitro benzene ring substituents is 1. The van der Waals surface area contributed by atoms with Crippen molar-refractivity contribution in [2.75, 3.05) is 6.61 Å². The Balaban J connectivity index is 1.95. The summed E-state index contributed by atoms with van der Waals surface area (Å²) in [7, 11) is 0. The van der Waals surface area contributed by atoms with Crippen LogP contribution in [0.3, 0.4) is 0 Å². The predicted octanol–water partition coefficient (Wildman–Crippen LogP) is 2.79. The number of phenols is 1. The van der Waals surface area contributed by atoms with E-state index in [0.29, 0.717) is 10.8 Å². The molecule has 0 aliphatic heterocycles. The molecule has 0 unspecified atom stereocenters. The normalized spacial score (nSPS) is 10.6. The van der Waals surface area contributed by atoms with Crippen molar-refractivity contribution in [1.29, 1.82) is 0 Å².